The third kappa shape index (κ3) is 2.60. The number of sulfonamides is 1. The van der Waals surface area contributed by atoms with Crippen LogP contribution in [0.4, 0.5) is 11.4 Å². The predicted octanol–water partition coefficient (Wildman–Crippen LogP) is 1.05. The van der Waals surface area contributed by atoms with Gasteiger partial charge in [0, 0.05) is 18.7 Å². The highest BCUT2D eigenvalue weighted by atomic mass is 32.2. The maximum Gasteiger partial charge on any atom is 0.294 e. The van der Waals surface area contributed by atoms with Gasteiger partial charge in [0.15, 0.2) is 0 Å². The van der Waals surface area contributed by atoms with Crippen molar-refractivity contribution < 1.29 is 13.3 Å². The fourth-order valence-corrected chi connectivity index (χ4v) is 3.78. The van der Waals surface area contributed by atoms with E-state index in [1.165, 1.54) is 16.4 Å². The Balaban J connectivity index is 2.46. The van der Waals surface area contributed by atoms with E-state index >= 15 is 0 Å². The number of nitro groups is 1. The number of hydrazine groups is 1. The van der Waals surface area contributed by atoms with Crippen LogP contribution in [0.3, 0.4) is 0 Å². The minimum absolute atomic E-state index is 0.0105. The molecule has 1 aromatic rings. The molecule has 8 nitrogen and oxygen atoms in total. The Morgan fingerprint density at radius 2 is 2.15 bits per heavy atom. The second-order valence-corrected chi connectivity index (χ2v) is 6.41. The maximum absolute atomic E-state index is 12.5. The number of hydrogen-bond donors (Lipinski definition) is 2. The average molecular weight is 300 g/mol. The molecule has 9 heteroatoms. The molecular weight excluding hydrogens is 284 g/mol. The molecule has 1 fully saturated rings. The van der Waals surface area contributed by atoms with E-state index in [0.717, 1.165) is 18.9 Å². The Morgan fingerprint density at radius 1 is 1.50 bits per heavy atom. The SMILES string of the molecule is CCN(C1CC1)S(=O)(=O)c1ccc(NN)c([N+](=O)[O-])c1. The highest BCUT2D eigenvalue weighted by Gasteiger charge is 2.37. The number of nitrogen functional groups attached to an aromatic ring is 1. The molecule has 1 saturated carbocycles. The summed E-state index contributed by atoms with van der Waals surface area (Å²) < 4.78 is 26.3. The van der Waals surface area contributed by atoms with Gasteiger partial charge in [-0.25, -0.2) is 8.42 Å². The molecule has 0 bridgehead atoms. The number of benzene rings is 1. The number of nitro benzene ring substituents is 1. The number of anilines is 1. The Kier molecular flexibility index (Phi) is 3.93. The van der Waals surface area contributed by atoms with Crippen molar-refractivity contribution >= 4 is 21.4 Å². The molecule has 2 rings (SSSR count). The van der Waals surface area contributed by atoms with Gasteiger partial charge >= 0.3 is 0 Å². The summed E-state index contributed by atoms with van der Waals surface area (Å²) in [5, 5.41) is 10.9. The van der Waals surface area contributed by atoms with Gasteiger partial charge in [-0.3, -0.25) is 16.0 Å². The quantitative estimate of drug-likeness (QED) is 0.460. The van der Waals surface area contributed by atoms with E-state index in [4.69, 9.17) is 5.84 Å². The highest BCUT2D eigenvalue weighted by Crippen LogP contribution is 2.34. The zero-order valence-corrected chi connectivity index (χ0v) is 11.8. The largest absolute Gasteiger partial charge is 0.318 e. The molecule has 0 aliphatic heterocycles. The molecule has 1 aliphatic carbocycles. The Morgan fingerprint density at radius 3 is 2.60 bits per heavy atom. The van der Waals surface area contributed by atoms with Crippen LogP contribution in [0.1, 0.15) is 19.8 Å². The van der Waals surface area contributed by atoms with Crippen molar-refractivity contribution in [3.05, 3.63) is 28.3 Å². The molecule has 0 amide bonds. The van der Waals surface area contributed by atoms with Gasteiger partial charge in [0.05, 0.1) is 9.82 Å². The first-order chi connectivity index (χ1) is 9.41. The number of nitrogens with one attached hydrogen (secondary N) is 1. The van der Waals surface area contributed by atoms with Crippen molar-refractivity contribution in [1.82, 2.24) is 4.31 Å². The predicted molar refractivity (Wildman–Crippen MR) is 73.5 cm³/mol. The van der Waals surface area contributed by atoms with Crippen LogP contribution < -0.4 is 11.3 Å². The van der Waals surface area contributed by atoms with Crippen LogP contribution >= 0.6 is 0 Å². The first kappa shape index (κ1) is 14.7. The summed E-state index contributed by atoms with van der Waals surface area (Å²) in [6, 6.07) is 3.67. The second-order valence-electron chi connectivity index (χ2n) is 4.52. The summed E-state index contributed by atoms with van der Waals surface area (Å²) in [4.78, 5) is 10.2. The molecule has 1 aromatic carbocycles. The standard InChI is InChI=1S/C11H16N4O4S/c1-2-14(8-3-4-8)20(18,19)9-5-6-10(13-12)11(7-9)15(16)17/h5-8,13H,2-4,12H2,1H3. The van der Waals surface area contributed by atoms with Gasteiger partial charge in [0.25, 0.3) is 5.69 Å². The van der Waals surface area contributed by atoms with Gasteiger partial charge in [0.1, 0.15) is 5.69 Å². The second kappa shape index (κ2) is 5.35. The number of nitrogens with two attached hydrogens (primary N) is 1. The zero-order chi connectivity index (χ0) is 14.9. The molecule has 110 valence electrons. The topological polar surface area (TPSA) is 119 Å². The van der Waals surface area contributed by atoms with Gasteiger partial charge in [-0.1, -0.05) is 6.92 Å². The molecule has 0 unspecified atom stereocenters. The van der Waals surface area contributed by atoms with E-state index in [1.54, 1.807) is 6.92 Å². The molecule has 20 heavy (non-hydrogen) atoms. The minimum atomic E-state index is -3.71. The lowest BCUT2D eigenvalue weighted by molar-refractivity contribution is -0.384. The third-order valence-corrected chi connectivity index (χ3v) is 5.22. The molecule has 0 aromatic heterocycles. The van der Waals surface area contributed by atoms with Crippen LogP contribution in [0, 0.1) is 10.1 Å². The zero-order valence-electron chi connectivity index (χ0n) is 10.9. The Hall–Kier alpha value is -1.71. The van der Waals surface area contributed by atoms with Crippen molar-refractivity contribution in [1.29, 1.82) is 0 Å². The monoisotopic (exact) mass is 300 g/mol. The highest BCUT2D eigenvalue weighted by molar-refractivity contribution is 7.89. The summed E-state index contributed by atoms with van der Waals surface area (Å²) >= 11 is 0. The minimum Gasteiger partial charge on any atom is -0.318 e. The lowest BCUT2D eigenvalue weighted by Crippen LogP contribution is -2.32. The lowest BCUT2D eigenvalue weighted by atomic mass is 10.3. The first-order valence-corrected chi connectivity index (χ1v) is 7.62. The van der Waals surface area contributed by atoms with Crippen LogP contribution in [0.25, 0.3) is 0 Å². The summed E-state index contributed by atoms with van der Waals surface area (Å²) in [6.07, 6.45) is 1.66. The summed E-state index contributed by atoms with van der Waals surface area (Å²) in [5.74, 6) is 5.18. The molecule has 1 aliphatic rings. The molecular formula is C11H16N4O4S. The molecule has 0 heterocycles. The third-order valence-electron chi connectivity index (χ3n) is 3.19. The van der Waals surface area contributed by atoms with Crippen LogP contribution in [0.15, 0.2) is 23.1 Å². The van der Waals surface area contributed by atoms with Crippen molar-refractivity contribution in [3.8, 4) is 0 Å². The van der Waals surface area contributed by atoms with E-state index in [2.05, 4.69) is 5.43 Å². The van der Waals surface area contributed by atoms with Crippen molar-refractivity contribution in [3.63, 3.8) is 0 Å². The van der Waals surface area contributed by atoms with Crippen LogP contribution in [-0.4, -0.2) is 30.2 Å². The van der Waals surface area contributed by atoms with Crippen LogP contribution in [-0.2, 0) is 10.0 Å². The maximum atomic E-state index is 12.5. The molecule has 0 radical (unpaired) electrons. The van der Waals surface area contributed by atoms with E-state index in [9.17, 15) is 18.5 Å². The van der Waals surface area contributed by atoms with Gasteiger partial charge in [0.2, 0.25) is 10.0 Å². The van der Waals surface area contributed by atoms with Crippen molar-refractivity contribution in [2.45, 2.75) is 30.7 Å². The summed E-state index contributed by atoms with van der Waals surface area (Å²) in [6.45, 7) is 2.10. The van der Waals surface area contributed by atoms with Gasteiger partial charge < -0.3 is 5.43 Å². The summed E-state index contributed by atoms with van der Waals surface area (Å²) in [7, 11) is -3.71. The normalized spacial score (nSPS) is 15.3. The van der Waals surface area contributed by atoms with E-state index in [1.807, 2.05) is 0 Å². The molecule has 0 saturated heterocycles. The van der Waals surface area contributed by atoms with Gasteiger partial charge in [-0.05, 0) is 25.0 Å². The fraction of sp³-hybridized carbons (Fsp3) is 0.455. The number of hydrogen-bond acceptors (Lipinski definition) is 6. The lowest BCUT2D eigenvalue weighted by Gasteiger charge is -2.20. The van der Waals surface area contributed by atoms with Crippen LogP contribution in [0.5, 0.6) is 0 Å². The van der Waals surface area contributed by atoms with Gasteiger partial charge in [-0.2, -0.15) is 4.31 Å². The van der Waals surface area contributed by atoms with Crippen molar-refractivity contribution in [2.75, 3.05) is 12.0 Å². The van der Waals surface area contributed by atoms with Crippen molar-refractivity contribution in [2.24, 2.45) is 5.84 Å². The smallest absolute Gasteiger partial charge is 0.294 e. The Bertz CT molecular complexity index is 627. The Labute approximate surface area is 116 Å². The molecule has 0 spiro atoms. The summed E-state index contributed by atoms with van der Waals surface area (Å²) in [5.41, 5.74) is 1.90. The average Bonchev–Trinajstić information content (AvgIpc) is 3.22. The van der Waals surface area contributed by atoms with Gasteiger partial charge in [-0.15, -0.1) is 0 Å². The number of rotatable bonds is 6. The number of nitrogens with zero attached hydrogens (tertiary/aromatic N) is 2. The fourth-order valence-electron chi connectivity index (χ4n) is 2.07. The first-order valence-electron chi connectivity index (χ1n) is 6.18. The van der Waals surface area contributed by atoms with Crippen LogP contribution in [0.2, 0.25) is 0 Å². The van der Waals surface area contributed by atoms with E-state index in [0.29, 0.717) is 6.54 Å². The molecule has 0 atom stereocenters. The van der Waals surface area contributed by atoms with E-state index < -0.39 is 14.9 Å². The van der Waals surface area contributed by atoms with E-state index in [-0.39, 0.29) is 22.3 Å². The molecule has 3 N–H and O–H groups in total.